The van der Waals surface area contributed by atoms with Crippen molar-refractivity contribution in [1.29, 1.82) is 0 Å². The number of rotatable bonds is 5. The molecule has 0 spiro atoms. The van der Waals surface area contributed by atoms with E-state index in [4.69, 9.17) is 5.73 Å². The van der Waals surface area contributed by atoms with Gasteiger partial charge in [0.25, 0.3) is 5.92 Å². The van der Waals surface area contributed by atoms with E-state index in [0.717, 1.165) is 25.1 Å². The smallest absolute Gasteiger partial charge is 0.266 e. The van der Waals surface area contributed by atoms with E-state index >= 15 is 0 Å². The van der Waals surface area contributed by atoms with Crippen LogP contribution in [0.25, 0.3) is 0 Å². The first-order valence-electron chi connectivity index (χ1n) is 10.3. The van der Waals surface area contributed by atoms with Crippen LogP contribution in [0.5, 0.6) is 0 Å². The average Bonchev–Trinajstić information content (AvgIpc) is 3.24. The highest BCUT2D eigenvalue weighted by Crippen LogP contribution is 2.33. The molecule has 7 nitrogen and oxygen atoms in total. The Morgan fingerprint density at radius 2 is 1.97 bits per heavy atom. The molecule has 1 aromatic heterocycles. The maximum atomic E-state index is 13.7. The molecular weight excluding hydrogens is 398 g/mol. The molecule has 29 heavy (non-hydrogen) atoms. The van der Waals surface area contributed by atoms with Gasteiger partial charge in [0.15, 0.2) is 5.16 Å². The van der Waals surface area contributed by atoms with Gasteiger partial charge in [-0.05, 0) is 18.6 Å². The summed E-state index contributed by atoms with van der Waals surface area (Å²) in [4.78, 5) is 27.1. The monoisotopic (exact) mass is 426 g/mol. The molecule has 0 bridgehead atoms. The quantitative estimate of drug-likeness (QED) is 0.570. The molecule has 0 aromatic carbocycles. The largest absolute Gasteiger partial charge is 0.353 e. The zero-order chi connectivity index (χ0) is 20.6. The minimum atomic E-state index is -2.68. The maximum absolute atomic E-state index is 13.7. The standard InChI is InChI=1S/C19H28F2N6OS/c1-2-29-18-23-15(25-8-6-19(20,21)12-25)9-16(24-18)26-10-13(22)14(11-26)27-7-4-3-5-17(27)28/h9,13-14H,2-8,10-12,22H2,1H3. The zero-order valence-electron chi connectivity index (χ0n) is 16.7. The third kappa shape index (κ3) is 4.42. The molecule has 3 fully saturated rings. The fraction of sp³-hybridized carbons (Fsp3) is 0.737. The van der Waals surface area contributed by atoms with Crippen LogP contribution < -0.4 is 15.5 Å². The SMILES string of the molecule is CCSc1nc(N2CC(N)C(N3CCCCC3=O)C2)cc(N2CCC(F)(F)C2)n1. The van der Waals surface area contributed by atoms with Gasteiger partial charge < -0.3 is 20.4 Å². The molecule has 1 aromatic rings. The second-order valence-corrected chi connectivity index (χ2v) is 9.24. The summed E-state index contributed by atoms with van der Waals surface area (Å²) >= 11 is 1.49. The molecule has 2 atom stereocenters. The third-order valence-electron chi connectivity index (χ3n) is 5.86. The summed E-state index contributed by atoms with van der Waals surface area (Å²) in [7, 11) is 0. The van der Waals surface area contributed by atoms with E-state index in [0.29, 0.717) is 36.3 Å². The molecule has 3 aliphatic rings. The van der Waals surface area contributed by atoms with Gasteiger partial charge in [0.05, 0.1) is 12.6 Å². The molecular formula is C19H28F2N6OS. The van der Waals surface area contributed by atoms with E-state index < -0.39 is 5.92 Å². The van der Waals surface area contributed by atoms with Gasteiger partial charge in [-0.25, -0.2) is 18.7 Å². The Hall–Kier alpha value is -1.68. The number of anilines is 2. The molecule has 4 heterocycles. The number of hydrogen-bond acceptors (Lipinski definition) is 7. The Labute approximate surface area is 174 Å². The fourth-order valence-electron chi connectivity index (χ4n) is 4.36. The first kappa shape index (κ1) is 20.6. The molecule has 10 heteroatoms. The Morgan fingerprint density at radius 3 is 2.62 bits per heavy atom. The summed E-state index contributed by atoms with van der Waals surface area (Å²) in [6, 6.07) is 1.59. The molecule has 2 unspecified atom stereocenters. The minimum Gasteiger partial charge on any atom is -0.353 e. The van der Waals surface area contributed by atoms with Crippen molar-refractivity contribution in [3.05, 3.63) is 6.07 Å². The number of likely N-dealkylation sites (tertiary alicyclic amines) is 1. The van der Waals surface area contributed by atoms with Gasteiger partial charge in [-0.2, -0.15) is 0 Å². The number of thioether (sulfide) groups is 1. The number of alkyl halides is 2. The van der Waals surface area contributed by atoms with Crippen LogP contribution in [0.3, 0.4) is 0 Å². The zero-order valence-corrected chi connectivity index (χ0v) is 17.5. The van der Waals surface area contributed by atoms with Crippen molar-refractivity contribution in [2.24, 2.45) is 5.73 Å². The van der Waals surface area contributed by atoms with Gasteiger partial charge in [0, 0.05) is 51.1 Å². The number of nitrogens with two attached hydrogens (primary N) is 1. The molecule has 4 rings (SSSR count). The van der Waals surface area contributed by atoms with Crippen LogP contribution >= 0.6 is 11.8 Å². The number of aromatic nitrogens is 2. The molecule has 0 saturated carbocycles. The Kier molecular flexibility index (Phi) is 5.83. The Morgan fingerprint density at radius 1 is 1.21 bits per heavy atom. The van der Waals surface area contributed by atoms with Crippen LogP contribution in [-0.4, -0.2) is 77.3 Å². The number of piperidine rings is 1. The van der Waals surface area contributed by atoms with E-state index in [2.05, 4.69) is 14.9 Å². The molecule has 3 aliphatic heterocycles. The topological polar surface area (TPSA) is 78.6 Å². The summed E-state index contributed by atoms with van der Waals surface area (Å²) in [5.41, 5.74) is 6.40. The normalized spacial score (nSPS) is 27.2. The number of carbonyl (C=O) groups excluding carboxylic acids is 1. The summed E-state index contributed by atoms with van der Waals surface area (Å²) in [5.74, 6) is -0.483. The molecule has 2 N–H and O–H groups in total. The number of nitrogens with zero attached hydrogens (tertiary/aromatic N) is 5. The third-order valence-corrected chi connectivity index (χ3v) is 6.59. The molecule has 0 radical (unpaired) electrons. The highest BCUT2D eigenvalue weighted by Gasteiger charge is 2.40. The van der Waals surface area contributed by atoms with Gasteiger partial charge in [-0.1, -0.05) is 18.7 Å². The van der Waals surface area contributed by atoms with Gasteiger partial charge in [0.2, 0.25) is 5.91 Å². The predicted molar refractivity (Wildman–Crippen MR) is 110 cm³/mol. The van der Waals surface area contributed by atoms with Crippen LogP contribution in [0.15, 0.2) is 11.2 Å². The number of halogens is 2. The van der Waals surface area contributed by atoms with Crippen molar-refractivity contribution in [2.75, 3.05) is 48.3 Å². The molecule has 0 aliphatic carbocycles. The van der Waals surface area contributed by atoms with Crippen molar-refractivity contribution < 1.29 is 13.6 Å². The second kappa shape index (κ2) is 8.22. The average molecular weight is 427 g/mol. The lowest BCUT2D eigenvalue weighted by atomic mass is 10.1. The van der Waals surface area contributed by atoms with Crippen molar-refractivity contribution in [2.45, 2.75) is 55.8 Å². The lowest BCUT2D eigenvalue weighted by Gasteiger charge is -2.34. The van der Waals surface area contributed by atoms with Crippen molar-refractivity contribution in [1.82, 2.24) is 14.9 Å². The maximum Gasteiger partial charge on any atom is 0.266 e. The molecule has 160 valence electrons. The van der Waals surface area contributed by atoms with Crippen LogP contribution in [-0.2, 0) is 4.79 Å². The van der Waals surface area contributed by atoms with Crippen molar-refractivity contribution in [3.8, 4) is 0 Å². The predicted octanol–water partition coefficient (Wildman–Crippen LogP) is 1.96. The van der Waals surface area contributed by atoms with Gasteiger partial charge >= 0.3 is 0 Å². The highest BCUT2D eigenvalue weighted by atomic mass is 32.2. The van der Waals surface area contributed by atoms with Gasteiger partial charge in [0.1, 0.15) is 11.6 Å². The van der Waals surface area contributed by atoms with Crippen LogP contribution in [0.4, 0.5) is 20.4 Å². The first-order valence-corrected chi connectivity index (χ1v) is 11.3. The fourth-order valence-corrected chi connectivity index (χ4v) is 4.93. The van der Waals surface area contributed by atoms with Crippen molar-refractivity contribution >= 4 is 29.3 Å². The number of hydrogen-bond donors (Lipinski definition) is 1. The van der Waals surface area contributed by atoms with Crippen molar-refractivity contribution in [3.63, 3.8) is 0 Å². The van der Waals surface area contributed by atoms with Gasteiger partial charge in [-0.3, -0.25) is 4.79 Å². The molecule has 1 amide bonds. The summed E-state index contributed by atoms with van der Waals surface area (Å²) < 4.78 is 27.4. The number of carbonyl (C=O) groups is 1. The lowest BCUT2D eigenvalue weighted by Crippen LogP contribution is -2.51. The Balaban J connectivity index is 1.56. The molecule has 3 saturated heterocycles. The lowest BCUT2D eigenvalue weighted by molar-refractivity contribution is -0.135. The summed E-state index contributed by atoms with van der Waals surface area (Å²) in [5, 5.41) is 0.585. The van der Waals surface area contributed by atoms with E-state index in [9.17, 15) is 13.6 Å². The van der Waals surface area contributed by atoms with Crippen LogP contribution in [0.2, 0.25) is 0 Å². The van der Waals surface area contributed by atoms with Gasteiger partial charge in [-0.15, -0.1) is 0 Å². The van der Waals surface area contributed by atoms with E-state index in [1.54, 1.807) is 11.0 Å². The summed E-state index contributed by atoms with van der Waals surface area (Å²) in [6.07, 6.45) is 2.37. The van der Waals surface area contributed by atoms with E-state index in [1.165, 1.54) is 11.8 Å². The van der Waals surface area contributed by atoms with E-state index in [1.807, 2.05) is 11.8 Å². The first-order chi connectivity index (χ1) is 13.9. The van der Waals surface area contributed by atoms with E-state index in [-0.39, 0.29) is 37.5 Å². The summed E-state index contributed by atoms with van der Waals surface area (Å²) in [6.45, 7) is 3.91. The minimum absolute atomic E-state index is 0.0420. The highest BCUT2D eigenvalue weighted by molar-refractivity contribution is 7.99. The van der Waals surface area contributed by atoms with Crippen LogP contribution in [0, 0.1) is 0 Å². The number of amides is 1. The van der Waals surface area contributed by atoms with Crippen LogP contribution in [0.1, 0.15) is 32.6 Å². The Bertz CT molecular complexity index is 766. The second-order valence-electron chi connectivity index (χ2n) is 8.01.